The van der Waals surface area contributed by atoms with Crippen molar-refractivity contribution in [2.75, 3.05) is 18.6 Å². The van der Waals surface area contributed by atoms with Gasteiger partial charge in [-0.05, 0) is 20.3 Å². The first-order valence-corrected chi connectivity index (χ1v) is 6.99. The van der Waals surface area contributed by atoms with E-state index >= 15 is 0 Å². The van der Waals surface area contributed by atoms with Gasteiger partial charge in [0.25, 0.3) is 0 Å². The Morgan fingerprint density at radius 3 is 2.38 bits per heavy atom. The lowest BCUT2D eigenvalue weighted by Gasteiger charge is -2.25. The van der Waals surface area contributed by atoms with Crippen molar-refractivity contribution < 1.29 is 18.3 Å². The summed E-state index contributed by atoms with van der Waals surface area (Å²) in [5, 5.41) is 11.5. The Morgan fingerprint density at radius 2 is 2.00 bits per heavy atom. The molecule has 1 unspecified atom stereocenters. The summed E-state index contributed by atoms with van der Waals surface area (Å²) in [7, 11) is -3.11. The maximum atomic E-state index is 11.5. The first-order valence-electron chi connectivity index (χ1n) is 4.93. The van der Waals surface area contributed by atoms with Gasteiger partial charge in [-0.2, -0.15) is 0 Å². The van der Waals surface area contributed by atoms with Crippen LogP contribution in [0.2, 0.25) is 0 Å². The molecular formula is C9H20N2O4S. The summed E-state index contributed by atoms with van der Waals surface area (Å²) in [5.74, 6) is -0.580. The van der Waals surface area contributed by atoms with Gasteiger partial charge in [0.2, 0.25) is 5.91 Å². The summed E-state index contributed by atoms with van der Waals surface area (Å²) < 4.78 is 21.7. The van der Waals surface area contributed by atoms with Crippen molar-refractivity contribution in [1.82, 2.24) is 5.32 Å². The highest BCUT2D eigenvalue weighted by molar-refractivity contribution is 7.90. The molecule has 0 fully saturated rings. The van der Waals surface area contributed by atoms with Gasteiger partial charge in [0, 0.05) is 6.26 Å². The van der Waals surface area contributed by atoms with Gasteiger partial charge in [-0.25, -0.2) is 8.42 Å². The first kappa shape index (κ1) is 15.3. The molecule has 16 heavy (non-hydrogen) atoms. The number of hydrogen-bond acceptors (Lipinski definition) is 5. The summed E-state index contributed by atoms with van der Waals surface area (Å²) >= 11 is 0. The standard InChI is InChI=1S/C9H20N2O4S/c1-9(2,6-12)11-8(13)7(10)4-5-16(3,14)15/h7,12H,4-6,10H2,1-3H3,(H,11,13). The third-order valence-corrected chi connectivity index (χ3v) is 2.97. The van der Waals surface area contributed by atoms with Crippen LogP contribution in [-0.2, 0) is 14.6 Å². The van der Waals surface area contributed by atoms with Crippen LogP contribution < -0.4 is 11.1 Å². The van der Waals surface area contributed by atoms with Crippen molar-refractivity contribution in [1.29, 1.82) is 0 Å². The fourth-order valence-electron chi connectivity index (χ4n) is 0.938. The first-order chi connectivity index (χ1) is 7.07. The molecule has 96 valence electrons. The Labute approximate surface area is 96.1 Å². The third-order valence-electron chi connectivity index (χ3n) is 1.99. The lowest BCUT2D eigenvalue weighted by Crippen LogP contribution is -2.52. The molecule has 4 N–H and O–H groups in total. The minimum Gasteiger partial charge on any atom is -0.394 e. The number of aliphatic hydroxyl groups is 1. The van der Waals surface area contributed by atoms with Crippen LogP contribution in [-0.4, -0.2) is 49.6 Å². The van der Waals surface area contributed by atoms with E-state index < -0.39 is 27.3 Å². The minimum atomic E-state index is -3.11. The van der Waals surface area contributed by atoms with E-state index in [9.17, 15) is 13.2 Å². The summed E-state index contributed by atoms with van der Waals surface area (Å²) in [5.41, 5.74) is 4.78. The second-order valence-electron chi connectivity index (χ2n) is 4.56. The van der Waals surface area contributed by atoms with Crippen molar-refractivity contribution in [2.45, 2.75) is 31.8 Å². The van der Waals surface area contributed by atoms with Gasteiger partial charge in [0.1, 0.15) is 9.84 Å². The summed E-state index contributed by atoms with van der Waals surface area (Å²) in [6, 6.07) is -0.874. The lowest BCUT2D eigenvalue weighted by atomic mass is 10.1. The van der Waals surface area contributed by atoms with E-state index in [1.54, 1.807) is 13.8 Å². The Kier molecular flexibility index (Phi) is 5.37. The maximum Gasteiger partial charge on any atom is 0.237 e. The van der Waals surface area contributed by atoms with Gasteiger partial charge in [-0.3, -0.25) is 4.79 Å². The van der Waals surface area contributed by atoms with Crippen molar-refractivity contribution in [3.05, 3.63) is 0 Å². The predicted molar refractivity (Wildman–Crippen MR) is 61.6 cm³/mol. The SMILES string of the molecule is CC(C)(CO)NC(=O)C(N)CCS(C)(=O)=O. The summed E-state index contributed by atoms with van der Waals surface area (Å²) in [4.78, 5) is 11.5. The molecular weight excluding hydrogens is 232 g/mol. The Morgan fingerprint density at radius 1 is 1.50 bits per heavy atom. The van der Waals surface area contributed by atoms with Crippen molar-refractivity contribution in [2.24, 2.45) is 5.73 Å². The number of sulfone groups is 1. The average Bonchev–Trinajstić information content (AvgIpc) is 2.12. The van der Waals surface area contributed by atoms with Crippen LogP contribution in [0.15, 0.2) is 0 Å². The van der Waals surface area contributed by atoms with Crippen LogP contribution in [0.25, 0.3) is 0 Å². The van der Waals surface area contributed by atoms with Gasteiger partial charge in [0.15, 0.2) is 0 Å². The molecule has 6 nitrogen and oxygen atoms in total. The zero-order valence-electron chi connectivity index (χ0n) is 9.86. The van der Waals surface area contributed by atoms with Crippen molar-refractivity contribution >= 4 is 15.7 Å². The van der Waals surface area contributed by atoms with Crippen molar-refractivity contribution in [3.8, 4) is 0 Å². The fourth-order valence-corrected chi connectivity index (χ4v) is 1.62. The number of hydrogen-bond donors (Lipinski definition) is 3. The van der Waals surface area contributed by atoms with E-state index in [4.69, 9.17) is 10.8 Å². The van der Waals surface area contributed by atoms with Crippen LogP contribution in [0.1, 0.15) is 20.3 Å². The lowest BCUT2D eigenvalue weighted by molar-refractivity contribution is -0.124. The van der Waals surface area contributed by atoms with E-state index in [-0.39, 0.29) is 18.8 Å². The molecule has 1 amide bonds. The molecule has 0 aliphatic rings. The van der Waals surface area contributed by atoms with Crippen LogP contribution in [0.5, 0.6) is 0 Å². The average molecular weight is 252 g/mol. The Balaban J connectivity index is 4.20. The molecule has 0 spiro atoms. The van der Waals surface area contributed by atoms with E-state index in [0.29, 0.717) is 0 Å². The number of aliphatic hydroxyl groups excluding tert-OH is 1. The molecule has 0 aromatic rings. The van der Waals surface area contributed by atoms with Crippen LogP contribution in [0, 0.1) is 0 Å². The molecule has 0 heterocycles. The molecule has 0 aromatic heterocycles. The Hall–Kier alpha value is -0.660. The minimum absolute atomic E-state index is 0.0756. The topological polar surface area (TPSA) is 109 Å². The zero-order valence-corrected chi connectivity index (χ0v) is 10.7. The summed E-state index contributed by atoms with van der Waals surface area (Å²) in [6.07, 6.45) is 1.17. The Bertz CT molecular complexity index is 337. The van der Waals surface area contributed by atoms with Gasteiger partial charge in [-0.1, -0.05) is 0 Å². The molecule has 0 aliphatic carbocycles. The van der Waals surface area contributed by atoms with Crippen LogP contribution >= 0.6 is 0 Å². The smallest absolute Gasteiger partial charge is 0.237 e. The summed E-state index contributed by atoms with van der Waals surface area (Å²) in [6.45, 7) is 3.08. The number of carbonyl (C=O) groups excluding carboxylic acids is 1. The van der Waals surface area contributed by atoms with E-state index in [0.717, 1.165) is 6.26 Å². The second-order valence-corrected chi connectivity index (χ2v) is 6.82. The largest absolute Gasteiger partial charge is 0.394 e. The number of amides is 1. The predicted octanol–water partition coefficient (Wildman–Crippen LogP) is -1.36. The van der Waals surface area contributed by atoms with Gasteiger partial charge in [-0.15, -0.1) is 0 Å². The monoisotopic (exact) mass is 252 g/mol. The van der Waals surface area contributed by atoms with Gasteiger partial charge >= 0.3 is 0 Å². The molecule has 0 saturated heterocycles. The maximum absolute atomic E-state index is 11.5. The second kappa shape index (κ2) is 5.60. The number of nitrogens with two attached hydrogens (primary N) is 1. The number of rotatable bonds is 6. The van der Waals surface area contributed by atoms with E-state index in [1.807, 2.05) is 0 Å². The molecule has 0 rings (SSSR count). The molecule has 0 aliphatic heterocycles. The fraction of sp³-hybridized carbons (Fsp3) is 0.889. The van der Waals surface area contributed by atoms with Crippen LogP contribution in [0.4, 0.5) is 0 Å². The zero-order chi connectivity index (χ0) is 13.0. The molecule has 0 aromatic carbocycles. The molecule has 0 saturated carbocycles. The third kappa shape index (κ3) is 6.76. The highest BCUT2D eigenvalue weighted by atomic mass is 32.2. The number of carbonyl (C=O) groups is 1. The van der Waals surface area contributed by atoms with E-state index in [1.165, 1.54) is 0 Å². The highest BCUT2D eigenvalue weighted by Crippen LogP contribution is 2.02. The number of nitrogens with one attached hydrogen (secondary N) is 1. The molecule has 0 radical (unpaired) electrons. The van der Waals surface area contributed by atoms with Gasteiger partial charge in [0.05, 0.1) is 23.9 Å². The van der Waals surface area contributed by atoms with Crippen LogP contribution in [0.3, 0.4) is 0 Å². The van der Waals surface area contributed by atoms with Crippen molar-refractivity contribution in [3.63, 3.8) is 0 Å². The molecule has 7 heteroatoms. The normalized spacial score (nSPS) is 14.6. The molecule has 1 atom stereocenters. The highest BCUT2D eigenvalue weighted by Gasteiger charge is 2.23. The molecule has 0 bridgehead atoms. The quantitative estimate of drug-likeness (QED) is 0.540. The van der Waals surface area contributed by atoms with Gasteiger partial charge < -0.3 is 16.2 Å². The van der Waals surface area contributed by atoms with E-state index in [2.05, 4.69) is 5.32 Å².